The van der Waals surface area contributed by atoms with E-state index >= 15 is 17.6 Å². The predicted octanol–water partition coefficient (Wildman–Crippen LogP) is 14.2. The molecule has 0 nitrogen and oxygen atoms in total. The average molecular weight is 727 g/mol. The van der Waals surface area contributed by atoms with Crippen molar-refractivity contribution in [2.24, 2.45) is 0 Å². The molecule has 0 atom stereocenters. The largest absolute Gasteiger partial charge is 0.207 e. The van der Waals surface area contributed by atoms with Crippen LogP contribution in [0.15, 0.2) is 72.8 Å². The van der Waals surface area contributed by atoms with E-state index in [2.05, 4.69) is 0 Å². The summed E-state index contributed by atoms with van der Waals surface area (Å²) in [7, 11) is 0. The molecule has 12 heteroatoms. The lowest BCUT2D eigenvalue weighted by Gasteiger charge is -2.10. The maximum Gasteiger partial charge on any atom is 0.171 e. The summed E-state index contributed by atoms with van der Waals surface area (Å²) in [5, 5.41) is 0. The minimum absolute atomic E-state index is 0.0972. The predicted molar refractivity (Wildman–Crippen MR) is 185 cm³/mol. The van der Waals surface area contributed by atoms with E-state index in [-0.39, 0.29) is 21.4 Å². The zero-order valence-electron chi connectivity index (χ0n) is 22.6. The summed E-state index contributed by atoms with van der Waals surface area (Å²) in [4.78, 5) is 2.03. The molecule has 0 aliphatic carbocycles. The summed E-state index contributed by atoms with van der Waals surface area (Å²) in [6.45, 7) is 0. The highest BCUT2D eigenvalue weighted by atomic mass is 32.1. The van der Waals surface area contributed by atoms with Gasteiger partial charge < -0.3 is 0 Å². The van der Waals surface area contributed by atoms with Crippen molar-refractivity contribution >= 4 is 106 Å². The van der Waals surface area contributed by atoms with Gasteiger partial charge in [0.05, 0.1) is 29.9 Å². The molecule has 0 aliphatic rings. The van der Waals surface area contributed by atoms with Crippen LogP contribution in [0.1, 0.15) is 0 Å². The highest BCUT2D eigenvalue weighted by Crippen LogP contribution is 2.52. The van der Waals surface area contributed by atoms with Gasteiger partial charge in [-0.25, -0.2) is 26.3 Å². The zero-order chi connectivity index (χ0) is 31.4. The molecule has 46 heavy (non-hydrogen) atoms. The van der Waals surface area contributed by atoms with Gasteiger partial charge in [-0.05, 0) is 59.7 Å². The summed E-state index contributed by atoms with van der Waals surface area (Å²) in [5.41, 5.74) is 0.244. The quantitative estimate of drug-likeness (QED) is 0.125. The Balaban J connectivity index is 1.11. The monoisotopic (exact) mass is 726 g/mol. The molecule has 0 spiro atoms. The Hall–Kier alpha value is -3.52. The molecule has 9 rings (SSSR count). The van der Waals surface area contributed by atoms with Crippen LogP contribution < -0.4 is 0 Å². The third kappa shape index (κ3) is 4.35. The second-order valence-corrected chi connectivity index (χ2v) is 16.8. The highest BCUT2D eigenvalue weighted by molar-refractivity contribution is 7.41. The summed E-state index contributed by atoms with van der Waals surface area (Å²) in [6, 6.07) is 19.4. The molecular weight excluding hydrogens is 715 g/mol. The Bertz CT molecular complexity index is 2430. The number of fused-ring (bicyclic) bond motifs is 6. The maximum atomic E-state index is 15.7. The molecule has 0 bridgehead atoms. The maximum absolute atomic E-state index is 15.7. The van der Waals surface area contributed by atoms with E-state index in [4.69, 9.17) is 0 Å². The van der Waals surface area contributed by atoms with Crippen LogP contribution in [0.5, 0.6) is 0 Å². The van der Waals surface area contributed by atoms with Crippen LogP contribution in [-0.2, 0) is 0 Å². The smallest absolute Gasteiger partial charge is 0.171 e. The van der Waals surface area contributed by atoms with Crippen LogP contribution in [0.3, 0.4) is 0 Å². The Kier molecular flexibility index (Phi) is 6.54. The minimum atomic E-state index is -1.44. The van der Waals surface area contributed by atoms with Gasteiger partial charge in [0.1, 0.15) is 11.6 Å². The van der Waals surface area contributed by atoms with Crippen LogP contribution in [0.4, 0.5) is 26.3 Å². The first-order valence-electron chi connectivity index (χ1n) is 13.5. The normalized spacial score (nSPS) is 12.1. The molecule has 226 valence electrons. The van der Waals surface area contributed by atoms with Gasteiger partial charge in [-0.15, -0.1) is 68.0 Å². The first kappa shape index (κ1) is 28.7. The molecule has 0 saturated heterocycles. The van der Waals surface area contributed by atoms with Crippen molar-refractivity contribution in [2.75, 3.05) is 0 Å². The number of thiophene rings is 6. The average Bonchev–Trinajstić information content (AvgIpc) is 3.86. The van der Waals surface area contributed by atoms with Crippen molar-refractivity contribution in [3.63, 3.8) is 0 Å². The lowest BCUT2D eigenvalue weighted by atomic mass is 10.1. The van der Waals surface area contributed by atoms with Gasteiger partial charge in [-0.3, -0.25) is 0 Å². The second kappa shape index (κ2) is 10.5. The molecule has 0 aliphatic heterocycles. The summed E-state index contributed by atoms with van der Waals surface area (Å²) < 4.78 is 96.5. The van der Waals surface area contributed by atoms with Crippen molar-refractivity contribution < 1.29 is 26.3 Å². The molecular formula is C34H12F6S6. The van der Waals surface area contributed by atoms with Gasteiger partial charge in [0.15, 0.2) is 23.3 Å². The molecule has 0 radical (unpaired) electrons. The van der Waals surface area contributed by atoms with E-state index in [1.54, 1.807) is 36.4 Å². The van der Waals surface area contributed by atoms with Crippen LogP contribution in [0.25, 0.3) is 79.4 Å². The van der Waals surface area contributed by atoms with Crippen LogP contribution in [0, 0.1) is 34.9 Å². The fourth-order valence-corrected chi connectivity index (χ4v) is 13.6. The van der Waals surface area contributed by atoms with Crippen molar-refractivity contribution in [1.82, 2.24) is 0 Å². The standard InChI is InChI=1S/C34H12F6S6/c35-15-5-1-13(2-6-15)17-9-21-31(43-17)33-23(41-21)11-19(45-33)25-27(37)29(39)26(30(40)28(25)38)20-12-24-34(46-20)32-22(42-24)10-18(44-32)14-3-7-16(36)8-4-14/h1-12H. The summed E-state index contributed by atoms with van der Waals surface area (Å²) in [6.07, 6.45) is 0. The lowest BCUT2D eigenvalue weighted by molar-refractivity contribution is 0.463. The van der Waals surface area contributed by atoms with Crippen molar-refractivity contribution in [3.8, 4) is 41.8 Å². The Labute approximate surface area is 279 Å². The highest BCUT2D eigenvalue weighted by Gasteiger charge is 2.30. The number of hydrogen-bond donors (Lipinski definition) is 0. The van der Waals surface area contributed by atoms with E-state index in [1.165, 1.54) is 69.6 Å². The van der Waals surface area contributed by atoms with Gasteiger partial charge in [-0.2, -0.15) is 0 Å². The topological polar surface area (TPSA) is 0 Å². The van der Waals surface area contributed by atoms with Gasteiger partial charge >= 0.3 is 0 Å². The molecule has 0 unspecified atom stereocenters. The van der Waals surface area contributed by atoms with E-state index in [0.29, 0.717) is 0 Å². The van der Waals surface area contributed by atoms with Gasteiger partial charge in [0.2, 0.25) is 0 Å². The number of benzene rings is 3. The van der Waals surface area contributed by atoms with E-state index in [9.17, 15) is 8.78 Å². The minimum Gasteiger partial charge on any atom is -0.207 e. The molecule has 0 saturated carbocycles. The van der Waals surface area contributed by atoms with Crippen LogP contribution in [-0.4, -0.2) is 0 Å². The van der Waals surface area contributed by atoms with Crippen LogP contribution >= 0.6 is 68.0 Å². The Morgan fingerprint density at radius 1 is 0.326 bits per heavy atom. The van der Waals surface area contributed by atoms with Gasteiger partial charge in [0.25, 0.3) is 0 Å². The van der Waals surface area contributed by atoms with E-state index in [1.807, 2.05) is 12.1 Å². The third-order valence-electron chi connectivity index (χ3n) is 7.66. The summed E-state index contributed by atoms with van der Waals surface area (Å²) >= 11 is 7.96. The fraction of sp³-hybridized carbons (Fsp3) is 0. The van der Waals surface area contributed by atoms with Crippen molar-refractivity contribution in [3.05, 3.63) is 108 Å². The van der Waals surface area contributed by atoms with Crippen molar-refractivity contribution in [1.29, 1.82) is 0 Å². The van der Waals surface area contributed by atoms with Crippen molar-refractivity contribution in [2.45, 2.75) is 0 Å². The molecule has 6 heterocycles. The Morgan fingerprint density at radius 2 is 0.609 bits per heavy atom. The lowest BCUT2D eigenvalue weighted by Crippen LogP contribution is -2.02. The molecule has 0 N–H and O–H groups in total. The molecule has 0 amide bonds. The molecule has 6 aromatic heterocycles. The second-order valence-electron chi connectivity index (χ2n) is 10.4. The molecule has 0 fully saturated rings. The summed E-state index contributed by atoms with van der Waals surface area (Å²) in [5.74, 6) is -6.42. The number of rotatable bonds is 4. The SMILES string of the molecule is Fc1ccc(-c2cc3sc4cc(-c5c(F)c(F)c(-c6cc7sc8cc(-c9ccc(F)cc9)sc8c7s6)c(F)c5F)sc4c3s2)cc1. The van der Waals surface area contributed by atoms with Crippen LogP contribution in [0.2, 0.25) is 0 Å². The van der Waals surface area contributed by atoms with Gasteiger partial charge in [0, 0.05) is 38.3 Å². The number of hydrogen-bond acceptors (Lipinski definition) is 6. The Morgan fingerprint density at radius 3 is 0.935 bits per heavy atom. The zero-order valence-corrected chi connectivity index (χ0v) is 27.5. The van der Waals surface area contributed by atoms with E-state index < -0.39 is 34.4 Å². The first-order valence-corrected chi connectivity index (χ1v) is 18.4. The molecule has 9 aromatic rings. The number of halogens is 6. The first-order chi connectivity index (χ1) is 22.2. The fourth-order valence-electron chi connectivity index (χ4n) is 5.49. The molecule has 3 aromatic carbocycles. The van der Waals surface area contributed by atoms with Gasteiger partial charge in [-0.1, -0.05) is 24.3 Å². The van der Waals surface area contributed by atoms with E-state index in [0.717, 1.165) is 81.2 Å². The third-order valence-corrected chi connectivity index (χ3v) is 15.3.